The van der Waals surface area contributed by atoms with E-state index >= 15 is 0 Å². The zero-order valence-electron chi connectivity index (χ0n) is 6.71. The Morgan fingerprint density at radius 1 is 1.62 bits per heavy atom. The molecule has 0 fully saturated rings. The Kier molecular flexibility index (Phi) is 2.11. The first kappa shape index (κ1) is 9.08. The molecule has 2 rings (SSSR count). The van der Waals surface area contributed by atoms with Gasteiger partial charge in [0, 0.05) is 0 Å². The summed E-state index contributed by atoms with van der Waals surface area (Å²) >= 11 is 6.50. The Bertz CT molecular complexity index is 394. The van der Waals surface area contributed by atoms with Crippen molar-refractivity contribution in [3.8, 4) is 0 Å². The van der Waals surface area contributed by atoms with E-state index in [9.17, 15) is 4.79 Å². The molecular weight excluding hydrogens is 302 g/mol. The molecule has 0 saturated carbocycles. The second-order valence-corrected chi connectivity index (χ2v) is 4.34. The van der Waals surface area contributed by atoms with Gasteiger partial charge in [0.05, 0.1) is 0 Å². The lowest BCUT2D eigenvalue weighted by Crippen LogP contribution is -2.42. The minimum atomic E-state index is -0.188. The molecule has 2 heterocycles. The van der Waals surface area contributed by atoms with Crippen molar-refractivity contribution in [1.82, 2.24) is 4.98 Å². The van der Waals surface area contributed by atoms with Crippen LogP contribution < -0.4 is 9.88 Å². The summed E-state index contributed by atoms with van der Waals surface area (Å²) in [7, 11) is 0. The van der Waals surface area contributed by atoms with E-state index < -0.39 is 0 Å². The summed E-state index contributed by atoms with van der Waals surface area (Å²) in [5, 5.41) is 3.03. The maximum absolute atomic E-state index is 11.5. The molecule has 13 heavy (non-hydrogen) atoms. The second kappa shape index (κ2) is 3.02. The first-order chi connectivity index (χ1) is 6.09. The van der Waals surface area contributed by atoms with E-state index in [0.717, 1.165) is 0 Å². The predicted octanol–water partition coefficient (Wildman–Crippen LogP) is 1.35. The number of rotatable bonds is 0. The third-order valence-electron chi connectivity index (χ3n) is 1.84. The smallest absolute Gasteiger partial charge is 0.258 e. The highest BCUT2D eigenvalue weighted by atomic mass is 79.9. The van der Waals surface area contributed by atoms with E-state index in [1.807, 2.05) is 6.92 Å². The molecule has 0 amide bonds. The van der Waals surface area contributed by atoms with Gasteiger partial charge in [0.2, 0.25) is 0 Å². The molecule has 1 atom stereocenters. The lowest BCUT2D eigenvalue weighted by atomic mass is 10.3. The molecule has 4 nitrogen and oxygen atoms in total. The minimum Gasteiger partial charge on any atom is -0.258 e. The number of fused-ring (bicyclic) bond motifs is 1. The summed E-state index contributed by atoms with van der Waals surface area (Å²) in [5.41, 5.74) is 0. The highest BCUT2D eigenvalue weighted by molar-refractivity contribution is 9.11. The summed E-state index contributed by atoms with van der Waals surface area (Å²) in [5.74, 6) is 0.736. The van der Waals surface area contributed by atoms with Crippen LogP contribution in [0, 0.1) is 0 Å². The van der Waals surface area contributed by atoms with Crippen molar-refractivity contribution in [3.05, 3.63) is 15.4 Å². The monoisotopic (exact) mass is 306 g/mol. The fourth-order valence-corrected chi connectivity index (χ4v) is 2.34. The molecule has 0 radical (unpaired) electrons. The number of anilines is 1. The molecule has 1 aromatic rings. The Labute approximate surface area is 91.6 Å². The zero-order valence-corrected chi connectivity index (χ0v) is 9.89. The lowest BCUT2D eigenvalue weighted by Gasteiger charge is -1.94. The second-order valence-electron chi connectivity index (χ2n) is 2.78. The SMILES string of the molecule is CC1Nc2c(Br)nc(Br)c[n+]2C1=O. The van der Waals surface area contributed by atoms with Gasteiger partial charge in [-0.2, -0.15) is 4.57 Å². The molecule has 0 bridgehead atoms. The molecule has 1 N–H and O–H groups in total. The standard InChI is InChI=1S/C7H5Br2N3O/c1-3-7(13)12-2-4(8)11-5(9)6(12)10-3/h2-3H,1H3/p+1. The average molecular weight is 308 g/mol. The summed E-state index contributed by atoms with van der Waals surface area (Å²) in [6, 6.07) is -0.188. The van der Waals surface area contributed by atoms with Gasteiger partial charge in [0.1, 0.15) is 10.8 Å². The number of aromatic nitrogens is 2. The number of nitrogens with zero attached hydrogens (tertiary/aromatic N) is 2. The quantitative estimate of drug-likeness (QED) is 0.736. The number of hydrogen-bond acceptors (Lipinski definition) is 3. The molecule has 0 saturated heterocycles. The molecule has 1 aliphatic heterocycles. The minimum absolute atomic E-state index is 0.0267. The average Bonchev–Trinajstić information content (AvgIpc) is 2.32. The highest BCUT2D eigenvalue weighted by Crippen LogP contribution is 2.21. The van der Waals surface area contributed by atoms with Crippen LogP contribution in [0.3, 0.4) is 0 Å². The molecule has 0 aromatic carbocycles. The van der Waals surface area contributed by atoms with Gasteiger partial charge in [-0.25, -0.2) is 9.78 Å². The van der Waals surface area contributed by atoms with Crippen LogP contribution in [0.2, 0.25) is 0 Å². The zero-order chi connectivity index (χ0) is 9.59. The highest BCUT2D eigenvalue weighted by Gasteiger charge is 2.37. The van der Waals surface area contributed by atoms with E-state index in [1.165, 1.54) is 0 Å². The van der Waals surface area contributed by atoms with Crippen molar-refractivity contribution >= 4 is 43.6 Å². The van der Waals surface area contributed by atoms with Gasteiger partial charge in [-0.1, -0.05) is 0 Å². The molecule has 68 valence electrons. The molecule has 0 spiro atoms. The summed E-state index contributed by atoms with van der Waals surface area (Å²) in [6.07, 6.45) is 1.65. The molecular formula is C7H6Br2N3O+. The van der Waals surface area contributed by atoms with Crippen molar-refractivity contribution in [1.29, 1.82) is 0 Å². The van der Waals surface area contributed by atoms with Crippen LogP contribution >= 0.6 is 31.9 Å². The summed E-state index contributed by atoms with van der Waals surface area (Å²) in [4.78, 5) is 15.6. The Balaban J connectivity index is 2.64. The first-order valence-corrected chi connectivity index (χ1v) is 5.26. The topological polar surface area (TPSA) is 45.9 Å². The Morgan fingerprint density at radius 3 is 3.00 bits per heavy atom. The first-order valence-electron chi connectivity index (χ1n) is 3.68. The van der Waals surface area contributed by atoms with E-state index in [-0.39, 0.29) is 11.9 Å². The van der Waals surface area contributed by atoms with Gasteiger partial charge in [-0.3, -0.25) is 5.32 Å². The van der Waals surface area contributed by atoms with E-state index in [1.54, 1.807) is 10.8 Å². The van der Waals surface area contributed by atoms with Crippen LogP contribution in [-0.4, -0.2) is 16.9 Å². The molecule has 1 aromatic heterocycles. The van der Waals surface area contributed by atoms with Crippen LogP contribution in [0.5, 0.6) is 0 Å². The largest absolute Gasteiger partial charge is 0.358 e. The lowest BCUT2D eigenvalue weighted by molar-refractivity contribution is -0.554. The molecule has 6 heteroatoms. The molecule has 0 aliphatic carbocycles. The van der Waals surface area contributed by atoms with Gasteiger partial charge in [0.25, 0.3) is 0 Å². The van der Waals surface area contributed by atoms with Crippen molar-refractivity contribution in [2.45, 2.75) is 13.0 Å². The predicted molar refractivity (Wildman–Crippen MR) is 53.5 cm³/mol. The van der Waals surface area contributed by atoms with Gasteiger partial charge in [-0.05, 0) is 38.8 Å². The summed E-state index contributed by atoms with van der Waals surface area (Å²) in [6.45, 7) is 1.82. The van der Waals surface area contributed by atoms with E-state index in [0.29, 0.717) is 15.0 Å². The number of carbonyl (C=O) groups is 1. The third kappa shape index (κ3) is 1.38. The third-order valence-corrected chi connectivity index (χ3v) is 2.77. The number of carbonyl (C=O) groups excluding carboxylic acids is 1. The van der Waals surface area contributed by atoms with Crippen molar-refractivity contribution in [2.24, 2.45) is 0 Å². The maximum Gasteiger partial charge on any atom is 0.358 e. The normalized spacial score (nSPS) is 19.9. The Hall–Kier alpha value is -0.490. The van der Waals surface area contributed by atoms with Crippen molar-refractivity contribution in [3.63, 3.8) is 0 Å². The van der Waals surface area contributed by atoms with Crippen LogP contribution in [0.25, 0.3) is 0 Å². The van der Waals surface area contributed by atoms with Crippen molar-refractivity contribution < 1.29 is 9.36 Å². The van der Waals surface area contributed by atoms with Crippen molar-refractivity contribution in [2.75, 3.05) is 5.32 Å². The van der Waals surface area contributed by atoms with E-state index in [4.69, 9.17) is 0 Å². The van der Waals surface area contributed by atoms with Crippen LogP contribution in [0.15, 0.2) is 15.4 Å². The summed E-state index contributed by atoms with van der Waals surface area (Å²) < 4.78 is 2.82. The maximum atomic E-state index is 11.5. The van der Waals surface area contributed by atoms with Gasteiger partial charge in [0.15, 0.2) is 10.6 Å². The molecule has 1 aliphatic rings. The van der Waals surface area contributed by atoms with E-state index in [2.05, 4.69) is 42.2 Å². The fourth-order valence-electron chi connectivity index (χ4n) is 1.22. The van der Waals surface area contributed by atoms with Crippen LogP contribution in [-0.2, 0) is 0 Å². The fraction of sp³-hybridized carbons (Fsp3) is 0.286. The van der Waals surface area contributed by atoms with Gasteiger partial charge < -0.3 is 0 Å². The van der Waals surface area contributed by atoms with Crippen LogP contribution in [0.4, 0.5) is 5.82 Å². The number of hydrogen-bond donors (Lipinski definition) is 1. The van der Waals surface area contributed by atoms with Gasteiger partial charge >= 0.3 is 11.7 Å². The number of halogens is 2. The Morgan fingerprint density at radius 2 is 2.31 bits per heavy atom. The van der Waals surface area contributed by atoms with Crippen LogP contribution in [0.1, 0.15) is 11.7 Å². The number of nitrogens with one attached hydrogen (secondary N) is 1. The van der Waals surface area contributed by atoms with Gasteiger partial charge in [-0.15, -0.1) is 0 Å². The molecule has 1 unspecified atom stereocenters.